The molecular formula is C22H29N3O4S. The van der Waals surface area contributed by atoms with Crippen molar-refractivity contribution >= 4 is 21.6 Å². The fraction of sp³-hybridized carbons (Fsp3) is 0.409. The van der Waals surface area contributed by atoms with Crippen LogP contribution in [0.2, 0.25) is 0 Å². The van der Waals surface area contributed by atoms with E-state index in [0.717, 1.165) is 11.3 Å². The monoisotopic (exact) mass is 431 g/mol. The van der Waals surface area contributed by atoms with E-state index < -0.39 is 16.1 Å². The van der Waals surface area contributed by atoms with E-state index >= 15 is 0 Å². The van der Waals surface area contributed by atoms with E-state index in [4.69, 9.17) is 4.74 Å². The molecule has 0 bridgehead atoms. The van der Waals surface area contributed by atoms with Crippen molar-refractivity contribution in [3.8, 4) is 5.75 Å². The lowest BCUT2D eigenvalue weighted by Crippen LogP contribution is -2.54. The van der Waals surface area contributed by atoms with Gasteiger partial charge in [0.1, 0.15) is 5.75 Å². The Hall–Kier alpha value is -2.58. The first kappa shape index (κ1) is 22.1. The van der Waals surface area contributed by atoms with Crippen LogP contribution in [-0.2, 0) is 14.8 Å². The summed E-state index contributed by atoms with van der Waals surface area (Å²) in [5.74, 6) is 0.436. The van der Waals surface area contributed by atoms with Crippen molar-refractivity contribution in [2.45, 2.75) is 31.7 Å². The fourth-order valence-corrected chi connectivity index (χ4v) is 4.84. The van der Waals surface area contributed by atoms with Crippen molar-refractivity contribution in [2.24, 2.45) is 0 Å². The molecule has 1 fully saturated rings. The Morgan fingerprint density at radius 1 is 1.10 bits per heavy atom. The average molecular weight is 432 g/mol. The lowest BCUT2D eigenvalue weighted by atomic mass is 10.2. The Bertz CT molecular complexity index is 971. The summed E-state index contributed by atoms with van der Waals surface area (Å²) in [6.07, 6.45) is 0. The predicted molar refractivity (Wildman–Crippen MR) is 117 cm³/mol. The molecule has 1 heterocycles. The van der Waals surface area contributed by atoms with Crippen molar-refractivity contribution < 1.29 is 17.9 Å². The van der Waals surface area contributed by atoms with Crippen LogP contribution in [0.25, 0.3) is 0 Å². The number of nitrogens with one attached hydrogen (secondary N) is 1. The number of carbonyl (C=O) groups is 1. The molecule has 7 nitrogen and oxygen atoms in total. The summed E-state index contributed by atoms with van der Waals surface area (Å²) in [6.45, 7) is 8.31. The first-order valence-electron chi connectivity index (χ1n) is 10.2. The maximum absolute atomic E-state index is 12.8. The highest BCUT2D eigenvalue weighted by Crippen LogP contribution is 2.22. The van der Waals surface area contributed by atoms with Gasteiger partial charge in [-0.05, 0) is 56.7 Å². The molecule has 2 aromatic rings. The van der Waals surface area contributed by atoms with Crippen molar-refractivity contribution in [3.05, 3.63) is 54.1 Å². The number of amides is 1. The molecule has 1 atom stereocenters. The summed E-state index contributed by atoms with van der Waals surface area (Å²) in [4.78, 5) is 16.9. The third-order valence-electron chi connectivity index (χ3n) is 5.17. The number of hydrogen-bond acceptors (Lipinski definition) is 5. The van der Waals surface area contributed by atoms with Gasteiger partial charge in [0, 0.05) is 31.9 Å². The molecule has 0 radical (unpaired) electrons. The second-order valence-corrected chi connectivity index (χ2v) is 9.07. The summed E-state index contributed by atoms with van der Waals surface area (Å²) in [5, 5.41) is 0. The zero-order valence-electron chi connectivity index (χ0n) is 17.7. The van der Waals surface area contributed by atoms with E-state index in [1.807, 2.05) is 37.3 Å². The Morgan fingerprint density at radius 3 is 2.37 bits per heavy atom. The summed E-state index contributed by atoms with van der Waals surface area (Å²) in [5.41, 5.74) is 1.86. The number of hydrogen-bond donors (Lipinski definition) is 1. The summed E-state index contributed by atoms with van der Waals surface area (Å²) in [6, 6.07) is 13.9. The zero-order chi connectivity index (χ0) is 21.7. The van der Waals surface area contributed by atoms with Crippen LogP contribution < -0.4 is 14.4 Å². The van der Waals surface area contributed by atoms with E-state index in [9.17, 15) is 13.2 Å². The van der Waals surface area contributed by atoms with Gasteiger partial charge in [-0.2, -0.15) is 4.72 Å². The molecule has 0 saturated carbocycles. The number of ether oxygens (including phenoxy) is 1. The number of sulfonamides is 1. The minimum atomic E-state index is -3.81. The van der Waals surface area contributed by atoms with E-state index in [2.05, 4.69) is 9.62 Å². The van der Waals surface area contributed by atoms with Gasteiger partial charge in [-0.1, -0.05) is 18.2 Å². The Balaban J connectivity index is 1.60. The summed E-state index contributed by atoms with van der Waals surface area (Å²) in [7, 11) is -3.81. The average Bonchev–Trinajstić information content (AvgIpc) is 2.75. The van der Waals surface area contributed by atoms with Crippen LogP contribution >= 0.6 is 0 Å². The molecule has 30 heavy (non-hydrogen) atoms. The first-order valence-corrected chi connectivity index (χ1v) is 11.6. The number of aryl methyl sites for hydroxylation is 1. The molecule has 1 amide bonds. The standard InChI is InChI=1S/C22H29N3O4S/c1-4-29-21-11-10-20(16-17(21)2)30(27,28)23-18(3)22(26)25-14-12-24(13-15-25)19-8-6-5-7-9-19/h5-11,16,18,23H,4,12-15H2,1-3H3/t18-/m1/s1. The number of para-hydroxylation sites is 1. The van der Waals surface area contributed by atoms with E-state index in [1.54, 1.807) is 30.9 Å². The summed E-state index contributed by atoms with van der Waals surface area (Å²) >= 11 is 0. The maximum atomic E-state index is 12.8. The van der Waals surface area contributed by atoms with Gasteiger partial charge in [0.15, 0.2) is 0 Å². The molecule has 1 aliphatic heterocycles. The van der Waals surface area contributed by atoms with Crippen molar-refractivity contribution in [1.82, 2.24) is 9.62 Å². The Labute approximate surface area is 178 Å². The number of rotatable bonds is 7. The molecule has 0 aliphatic carbocycles. The molecule has 1 N–H and O–H groups in total. The first-order chi connectivity index (χ1) is 14.3. The minimum Gasteiger partial charge on any atom is -0.494 e. The number of benzene rings is 2. The van der Waals surface area contributed by atoms with Crippen LogP contribution in [0.1, 0.15) is 19.4 Å². The van der Waals surface area contributed by atoms with Crippen molar-refractivity contribution in [2.75, 3.05) is 37.7 Å². The quantitative estimate of drug-likeness (QED) is 0.728. The number of anilines is 1. The normalized spacial score (nSPS) is 15.7. The predicted octanol–water partition coefficient (Wildman–Crippen LogP) is 2.41. The molecule has 2 aromatic carbocycles. The molecule has 0 unspecified atom stereocenters. The van der Waals surface area contributed by atoms with Crippen LogP contribution in [-0.4, -0.2) is 58.1 Å². The lowest BCUT2D eigenvalue weighted by molar-refractivity contribution is -0.132. The number of carbonyl (C=O) groups excluding carboxylic acids is 1. The smallest absolute Gasteiger partial charge is 0.241 e. The van der Waals surface area contributed by atoms with Gasteiger partial charge >= 0.3 is 0 Å². The van der Waals surface area contributed by atoms with Gasteiger partial charge in [0.2, 0.25) is 15.9 Å². The van der Waals surface area contributed by atoms with Crippen molar-refractivity contribution in [3.63, 3.8) is 0 Å². The third kappa shape index (κ3) is 5.12. The Kier molecular flexibility index (Phi) is 6.99. The maximum Gasteiger partial charge on any atom is 0.241 e. The van der Waals surface area contributed by atoms with E-state index in [0.29, 0.717) is 38.5 Å². The van der Waals surface area contributed by atoms with Crippen LogP contribution in [0, 0.1) is 6.92 Å². The Morgan fingerprint density at radius 2 is 1.77 bits per heavy atom. The topological polar surface area (TPSA) is 78.9 Å². The third-order valence-corrected chi connectivity index (χ3v) is 6.71. The lowest BCUT2D eigenvalue weighted by Gasteiger charge is -2.37. The zero-order valence-corrected chi connectivity index (χ0v) is 18.5. The fourth-order valence-electron chi connectivity index (χ4n) is 3.56. The molecule has 1 aliphatic rings. The van der Waals surface area contributed by atoms with E-state index in [-0.39, 0.29) is 10.8 Å². The van der Waals surface area contributed by atoms with Gasteiger partial charge in [-0.3, -0.25) is 4.79 Å². The highest BCUT2D eigenvalue weighted by Gasteiger charge is 2.28. The van der Waals surface area contributed by atoms with Crippen molar-refractivity contribution in [1.29, 1.82) is 0 Å². The largest absolute Gasteiger partial charge is 0.494 e. The SMILES string of the molecule is CCOc1ccc(S(=O)(=O)N[C@H](C)C(=O)N2CCN(c3ccccc3)CC2)cc1C. The van der Waals surface area contributed by atoms with Gasteiger partial charge in [0.25, 0.3) is 0 Å². The van der Waals surface area contributed by atoms with Crippen LogP contribution in [0.4, 0.5) is 5.69 Å². The second kappa shape index (κ2) is 9.49. The van der Waals surface area contributed by atoms with E-state index in [1.165, 1.54) is 6.07 Å². The number of nitrogens with zero attached hydrogens (tertiary/aromatic N) is 2. The van der Waals surface area contributed by atoms with Gasteiger partial charge in [0.05, 0.1) is 17.5 Å². The second-order valence-electron chi connectivity index (χ2n) is 7.35. The molecule has 0 spiro atoms. The highest BCUT2D eigenvalue weighted by atomic mass is 32.2. The molecular weight excluding hydrogens is 402 g/mol. The van der Waals surface area contributed by atoms with Gasteiger partial charge in [-0.15, -0.1) is 0 Å². The van der Waals surface area contributed by atoms with Crippen LogP contribution in [0.15, 0.2) is 53.4 Å². The molecule has 3 rings (SSSR count). The molecule has 0 aromatic heterocycles. The minimum absolute atomic E-state index is 0.122. The molecule has 1 saturated heterocycles. The van der Waals surface area contributed by atoms with Crippen LogP contribution in [0.5, 0.6) is 5.75 Å². The summed E-state index contributed by atoms with van der Waals surface area (Å²) < 4.78 is 33.5. The highest BCUT2D eigenvalue weighted by molar-refractivity contribution is 7.89. The molecule has 162 valence electrons. The molecule has 8 heteroatoms. The number of piperazine rings is 1. The van der Waals surface area contributed by atoms with Crippen LogP contribution in [0.3, 0.4) is 0 Å². The van der Waals surface area contributed by atoms with Gasteiger partial charge in [-0.25, -0.2) is 8.42 Å². The van der Waals surface area contributed by atoms with Gasteiger partial charge < -0.3 is 14.5 Å².